The molecule has 3 heterocycles. The molecule has 1 N–H and O–H groups in total. The van der Waals surface area contributed by atoms with Gasteiger partial charge in [0.05, 0.1) is 23.4 Å². The minimum absolute atomic E-state index is 0.0875. The SMILES string of the molecule is COc1cc(-n2cccc2)c(Cl)cc1C(=O)N1CCC(C(=O)Nc2nncs2)CC1. The maximum absolute atomic E-state index is 13.1. The summed E-state index contributed by atoms with van der Waals surface area (Å²) in [4.78, 5) is 27.3. The Morgan fingerprint density at radius 1 is 1.23 bits per heavy atom. The number of benzene rings is 1. The van der Waals surface area contributed by atoms with Gasteiger partial charge in [-0.15, -0.1) is 10.2 Å². The summed E-state index contributed by atoms with van der Waals surface area (Å²) < 4.78 is 7.34. The maximum atomic E-state index is 13.1. The van der Waals surface area contributed by atoms with Crippen LogP contribution in [0.1, 0.15) is 23.2 Å². The van der Waals surface area contributed by atoms with Crippen LogP contribution >= 0.6 is 22.9 Å². The number of ether oxygens (including phenoxy) is 1. The van der Waals surface area contributed by atoms with Crippen molar-refractivity contribution in [3.05, 3.63) is 52.8 Å². The lowest BCUT2D eigenvalue weighted by molar-refractivity contribution is -0.121. The van der Waals surface area contributed by atoms with Crippen LogP contribution < -0.4 is 10.1 Å². The van der Waals surface area contributed by atoms with Crippen molar-refractivity contribution in [2.75, 3.05) is 25.5 Å². The van der Waals surface area contributed by atoms with E-state index in [1.54, 1.807) is 22.5 Å². The number of halogens is 1. The van der Waals surface area contributed by atoms with Crippen molar-refractivity contribution in [3.63, 3.8) is 0 Å². The first kappa shape index (κ1) is 20.4. The lowest BCUT2D eigenvalue weighted by atomic mass is 9.95. The number of likely N-dealkylation sites (tertiary alicyclic amines) is 1. The van der Waals surface area contributed by atoms with Crippen LogP contribution in [0, 0.1) is 5.92 Å². The minimum atomic E-state index is -0.167. The Morgan fingerprint density at radius 3 is 2.60 bits per heavy atom. The first-order valence-electron chi connectivity index (χ1n) is 9.44. The van der Waals surface area contributed by atoms with Crippen molar-refractivity contribution in [3.8, 4) is 11.4 Å². The molecule has 10 heteroatoms. The van der Waals surface area contributed by atoms with Crippen molar-refractivity contribution in [2.45, 2.75) is 12.8 Å². The van der Waals surface area contributed by atoms with E-state index in [-0.39, 0.29) is 17.7 Å². The standard InChI is InChI=1S/C20H20ClN5O3S/c1-29-17-11-16(25-6-2-3-7-25)15(21)10-14(17)19(28)26-8-4-13(5-9-26)18(27)23-20-24-22-12-30-20/h2-3,6-7,10-13H,4-5,8-9H2,1H3,(H,23,24,27). The molecule has 1 saturated heterocycles. The zero-order valence-corrected chi connectivity index (χ0v) is 17.8. The Labute approximate surface area is 182 Å². The molecule has 0 spiro atoms. The fourth-order valence-electron chi connectivity index (χ4n) is 3.52. The number of carbonyl (C=O) groups excluding carboxylic acids is 2. The number of carbonyl (C=O) groups is 2. The summed E-state index contributed by atoms with van der Waals surface area (Å²) in [5.74, 6) is 0.0510. The molecule has 1 aliphatic rings. The van der Waals surface area contributed by atoms with Gasteiger partial charge in [-0.2, -0.15) is 0 Å². The van der Waals surface area contributed by atoms with Gasteiger partial charge < -0.3 is 19.5 Å². The van der Waals surface area contributed by atoms with Gasteiger partial charge in [0.15, 0.2) is 0 Å². The van der Waals surface area contributed by atoms with Gasteiger partial charge >= 0.3 is 0 Å². The molecule has 0 unspecified atom stereocenters. The Morgan fingerprint density at radius 2 is 1.97 bits per heavy atom. The second-order valence-electron chi connectivity index (χ2n) is 6.89. The molecule has 1 aliphatic heterocycles. The van der Waals surface area contributed by atoms with Crippen LogP contribution in [0.3, 0.4) is 0 Å². The molecule has 4 rings (SSSR count). The average Bonchev–Trinajstić information content (AvgIpc) is 3.47. The highest BCUT2D eigenvalue weighted by molar-refractivity contribution is 7.13. The van der Waals surface area contributed by atoms with Crippen molar-refractivity contribution in [1.82, 2.24) is 19.7 Å². The summed E-state index contributed by atoms with van der Waals surface area (Å²) >= 11 is 7.73. The number of methoxy groups -OCH3 is 1. The Hall–Kier alpha value is -2.91. The van der Waals surface area contributed by atoms with Gasteiger partial charge in [-0.1, -0.05) is 22.9 Å². The smallest absolute Gasteiger partial charge is 0.257 e. The van der Waals surface area contributed by atoms with Crippen LogP contribution in [0.4, 0.5) is 5.13 Å². The zero-order chi connectivity index (χ0) is 21.1. The molecule has 0 saturated carbocycles. The molecule has 30 heavy (non-hydrogen) atoms. The highest BCUT2D eigenvalue weighted by Gasteiger charge is 2.30. The second-order valence-corrected chi connectivity index (χ2v) is 8.13. The summed E-state index contributed by atoms with van der Waals surface area (Å²) in [5, 5.41) is 11.3. The number of hydrogen-bond acceptors (Lipinski definition) is 6. The predicted octanol–water partition coefficient (Wildman–Crippen LogP) is 3.48. The normalized spacial score (nSPS) is 14.5. The summed E-state index contributed by atoms with van der Waals surface area (Å²) in [6.07, 6.45) is 4.90. The largest absolute Gasteiger partial charge is 0.496 e. The van der Waals surface area contributed by atoms with Crippen molar-refractivity contribution in [1.29, 1.82) is 0 Å². The van der Waals surface area contributed by atoms with Crippen LogP contribution in [0.25, 0.3) is 5.69 Å². The predicted molar refractivity (Wildman–Crippen MR) is 114 cm³/mol. The maximum Gasteiger partial charge on any atom is 0.257 e. The summed E-state index contributed by atoms with van der Waals surface area (Å²) in [6.45, 7) is 0.959. The molecule has 0 bridgehead atoms. The van der Waals surface area contributed by atoms with E-state index in [9.17, 15) is 9.59 Å². The van der Waals surface area contributed by atoms with E-state index < -0.39 is 0 Å². The third-order valence-corrected chi connectivity index (χ3v) is 6.03. The van der Waals surface area contributed by atoms with Crippen molar-refractivity contribution < 1.29 is 14.3 Å². The number of nitrogens with one attached hydrogen (secondary N) is 1. The summed E-state index contributed by atoms with van der Waals surface area (Å²) in [6, 6.07) is 7.20. The number of hydrogen-bond donors (Lipinski definition) is 1. The molecule has 8 nitrogen and oxygen atoms in total. The first-order chi connectivity index (χ1) is 14.6. The summed E-state index contributed by atoms with van der Waals surface area (Å²) in [7, 11) is 1.53. The minimum Gasteiger partial charge on any atom is -0.496 e. The van der Waals surface area contributed by atoms with Crippen molar-refractivity contribution >= 4 is 39.9 Å². The van der Waals surface area contributed by atoms with E-state index in [1.807, 2.05) is 29.1 Å². The zero-order valence-electron chi connectivity index (χ0n) is 16.2. The van der Waals surface area contributed by atoms with Gasteiger partial charge in [0, 0.05) is 37.5 Å². The molecule has 0 radical (unpaired) electrons. The lowest BCUT2D eigenvalue weighted by Crippen LogP contribution is -2.41. The van der Waals surface area contributed by atoms with Gasteiger partial charge in [0.1, 0.15) is 11.3 Å². The molecule has 1 fully saturated rings. The van der Waals surface area contributed by atoms with E-state index in [4.69, 9.17) is 16.3 Å². The number of aromatic nitrogens is 3. The fraction of sp³-hybridized carbons (Fsp3) is 0.300. The molecule has 0 atom stereocenters. The number of rotatable bonds is 5. The van der Waals surface area contributed by atoms with Gasteiger partial charge in [0.2, 0.25) is 11.0 Å². The quantitative estimate of drug-likeness (QED) is 0.649. The molecule has 156 valence electrons. The third kappa shape index (κ3) is 4.17. The van der Waals surface area contributed by atoms with E-state index in [0.29, 0.717) is 47.4 Å². The Kier molecular flexibility index (Phi) is 6.01. The number of piperidine rings is 1. The molecule has 2 amide bonds. The molecule has 2 aromatic heterocycles. The van der Waals surface area contributed by atoms with Crippen LogP contribution in [-0.4, -0.2) is 51.7 Å². The number of nitrogens with zero attached hydrogens (tertiary/aromatic N) is 4. The van der Waals surface area contributed by atoms with Crippen LogP contribution in [0.2, 0.25) is 5.02 Å². The van der Waals surface area contributed by atoms with Crippen molar-refractivity contribution in [2.24, 2.45) is 5.92 Å². The van der Waals surface area contributed by atoms with E-state index in [2.05, 4.69) is 15.5 Å². The fourth-order valence-corrected chi connectivity index (χ4v) is 4.23. The Bertz CT molecular complexity index is 1030. The van der Waals surface area contributed by atoms with Crippen LogP contribution in [-0.2, 0) is 4.79 Å². The van der Waals surface area contributed by atoms with Gasteiger partial charge in [0.25, 0.3) is 5.91 Å². The van der Waals surface area contributed by atoms with Gasteiger partial charge in [-0.3, -0.25) is 9.59 Å². The van der Waals surface area contributed by atoms with E-state index >= 15 is 0 Å². The second kappa shape index (κ2) is 8.85. The number of amides is 2. The van der Waals surface area contributed by atoms with Gasteiger partial charge in [-0.05, 0) is 31.0 Å². The highest BCUT2D eigenvalue weighted by atomic mass is 35.5. The monoisotopic (exact) mass is 445 g/mol. The molecule has 0 aliphatic carbocycles. The number of anilines is 1. The molecule has 1 aromatic carbocycles. The first-order valence-corrected chi connectivity index (χ1v) is 10.7. The summed E-state index contributed by atoms with van der Waals surface area (Å²) in [5.41, 5.74) is 2.72. The lowest BCUT2D eigenvalue weighted by Gasteiger charge is -2.31. The van der Waals surface area contributed by atoms with E-state index in [0.717, 1.165) is 5.69 Å². The van der Waals surface area contributed by atoms with E-state index in [1.165, 1.54) is 18.4 Å². The molecular formula is C20H20ClN5O3S. The van der Waals surface area contributed by atoms with Crippen LogP contribution in [0.5, 0.6) is 5.75 Å². The molecular weight excluding hydrogens is 426 g/mol. The third-order valence-electron chi connectivity index (χ3n) is 5.13. The average molecular weight is 446 g/mol. The Balaban J connectivity index is 1.45. The highest BCUT2D eigenvalue weighted by Crippen LogP contribution is 2.32. The van der Waals surface area contributed by atoms with Gasteiger partial charge in [-0.25, -0.2) is 0 Å². The topological polar surface area (TPSA) is 89.4 Å². The molecule has 3 aromatic rings. The van der Waals surface area contributed by atoms with Crippen LogP contribution in [0.15, 0.2) is 42.2 Å².